The molecule has 0 unspecified atom stereocenters. The van der Waals surface area contributed by atoms with Crippen molar-refractivity contribution in [3.63, 3.8) is 0 Å². The van der Waals surface area contributed by atoms with Gasteiger partial charge in [0.1, 0.15) is 6.61 Å². The predicted octanol–water partition coefficient (Wildman–Crippen LogP) is -0.813. The molecule has 2 aliphatic rings. The maximum atomic E-state index is 12.0. The Morgan fingerprint density at radius 1 is 1.56 bits per heavy atom. The van der Waals surface area contributed by atoms with Crippen LogP contribution < -0.4 is 5.32 Å². The van der Waals surface area contributed by atoms with Crippen LogP contribution in [0.4, 0.5) is 4.79 Å². The summed E-state index contributed by atoms with van der Waals surface area (Å²) in [6, 6.07) is 0.380. The lowest BCUT2D eigenvalue weighted by molar-refractivity contribution is -0.142. The molecule has 2 N–H and O–H groups in total. The number of nitrogens with one attached hydrogen (secondary N) is 1. The van der Waals surface area contributed by atoms with E-state index < -0.39 is 5.97 Å². The predicted molar refractivity (Wildman–Crippen MR) is 63.4 cm³/mol. The van der Waals surface area contributed by atoms with Crippen LogP contribution in [0.1, 0.15) is 6.42 Å². The summed E-state index contributed by atoms with van der Waals surface area (Å²) in [5, 5.41) is 11.7. The number of hydrogen-bond donors (Lipinski definition) is 2. The van der Waals surface area contributed by atoms with Crippen molar-refractivity contribution in [2.75, 3.05) is 45.9 Å². The topological polar surface area (TPSA) is 82.1 Å². The molecule has 0 spiro atoms. The van der Waals surface area contributed by atoms with Gasteiger partial charge in [-0.1, -0.05) is 0 Å². The molecule has 1 atom stereocenters. The summed E-state index contributed by atoms with van der Waals surface area (Å²) >= 11 is 0. The Morgan fingerprint density at radius 2 is 2.39 bits per heavy atom. The number of aliphatic carboxylic acids is 1. The minimum Gasteiger partial charge on any atom is -0.480 e. The molecule has 2 saturated heterocycles. The van der Waals surface area contributed by atoms with Crippen LogP contribution in [0.25, 0.3) is 0 Å². The van der Waals surface area contributed by atoms with Crippen LogP contribution in [0.15, 0.2) is 0 Å². The lowest BCUT2D eigenvalue weighted by Gasteiger charge is -2.28. The van der Waals surface area contributed by atoms with Gasteiger partial charge < -0.3 is 25.0 Å². The average molecular weight is 257 g/mol. The minimum absolute atomic E-state index is 0.0970. The summed E-state index contributed by atoms with van der Waals surface area (Å²) < 4.78 is 4.95. The number of nitrogens with zero attached hydrogens (tertiary/aromatic N) is 2. The van der Waals surface area contributed by atoms with Crippen molar-refractivity contribution in [3.8, 4) is 0 Å². The number of urea groups is 1. The average Bonchev–Trinajstić information content (AvgIpc) is 2.66. The van der Waals surface area contributed by atoms with E-state index in [9.17, 15) is 9.59 Å². The van der Waals surface area contributed by atoms with Gasteiger partial charge in [-0.2, -0.15) is 0 Å². The van der Waals surface area contributed by atoms with Crippen molar-refractivity contribution in [3.05, 3.63) is 0 Å². The standard InChI is InChI=1S/C11H19N3O4/c15-10(16)8-18-5-1-3-13-7-9-6-12-2-4-14(9)11(13)17/h9,12H,1-8H2,(H,15,16)/t9-/m1/s1. The van der Waals surface area contributed by atoms with Crippen LogP contribution in [-0.2, 0) is 9.53 Å². The third-order valence-corrected chi connectivity index (χ3v) is 3.24. The van der Waals surface area contributed by atoms with Gasteiger partial charge in [0, 0.05) is 39.3 Å². The highest BCUT2D eigenvalue weighted by Crippen LogP contribution is 2.17. The molecule has 0 aliphatic carbocycles. The van der Waals surface area contributed by atoms with E-state index >= 15 is 0 Å². The van der Waals surface area contributed by atoms with Gasteiger partial charge >= 0.3 is 12.0 Å². The second kappa shape index (κ2) is 6.01. The Kier molecular flexibility index (Phi) is 4.38. The molecule has 2 heterocycles. The molecule has 2 fully saturated rings. The van der Waals surface area contributed by atoms with Crippen molar-refractivity contribution in [2.45, 2.75) is 12.5 Å². The summed E-state index contributed by atoms with van der Waals surface area (Å²) in [4.78, 5) is 26.0. The maximum absolute atomic E-state index is 12.0. The minimum atomic E-state index is -0.963. The summed E-state index contributed by atoms with van der Waals surface area (Å²) in [7, 11) is 0. The SMILES string of the molecule is O=C(O)COCCCN1C[C@H]2CNCCN2C1=O. The number of rotatable bonds is 6. The van der Waals surface area contributed by atoms with Crippen molar-refractivity contribution in [1.29, 1.82) is 0 Å². The highest BCUT2D eigenvalue weighted by Gasteiger charge is 2.37. The number of carboxylic acids is 1. The zero-order valence-corrected chi connectivity index (χ0v) is 10.3. The quantitative estimate of drug-likeness (QED) is 0.608. The van der Waals surface area contributed by atoms with Crippen LogP contribution >= 0.6 is 0 Å². The van der Waals surface area contributed by atoms with Gasteiger partial charge in [-0.05, 0) is 6.42 Å². The summed E-state index contributed by atoms with van der Waals surface area (Å²) in [6.07, 6.45) is 0.674. The van der Waals surface area contributed by atoms with E-state index in [1.807, 2.05) is 9.80 Å². The molecule has 7 heteroatoms. The molecule has 0 aromatic heterocycles. The Hall–Kier alpha value is -1.34. The molecule has 18 heavy (non-hydrogen) atoms. The molecule has 7 nitrogen and oxygen atoms in total. The number of piperazine rings is 1. The second-order valence-electron chi connectivity index (χ2n) is 4.58. The Bertz CT molecular complexity index is 323. The van der Waals surface area contributed by atoms with Crippen molar-refractivity contribution < 1.29 is 19.4 Å². The fourth-order valence-corrected chi connectivity index (χ4v) is 2.39. The maximum Gasteiger partial charge on any atom is 0.329 e. The summed E-state index contributed by atoms with van der Waals surface area (Å²) in [5.74, 6) is -0.963. The Labute approximate surface area is 106 Å². The van der Waals surface area contributed by atoms with Crippen LogP contribution in [0.2, 0.25) is 0 Å². The molecule has 2 aliphatic heterocycles. The number of carbonyl (C=O) groups excluding carboxylic acids is 1. The van der Waals surface area contributed by atoms with Crippen LogP contribution in [0.5, 0.6) is 0 Å². The van der Waals surface area contributed by atoms with Gasteiger partial charge in [-0.15, -0.1) is 0 Å². The lowest BCUT2D eigenvalue weighted by Crippen LogP contribution is -2.49. The van der Waals surface area contributed by atoms with Crippen LogP contribution in [0.3, 0.4) is 0 Å². The molecule has 2 amide bonds. The van der Waals surface area contributed by atoms with Crippen molar-refractivity contribution in [2.24, 2.45) is 0 Å². The van der Waals surface area contributed by atoms with E-state index in [-0.39, 0.29) is 18.7 Å². The summed E-state index contributed by atoms with van der Waals surface area (Å²) in [6.45, 7) is 3.98. The first-order chi connectivity index (χ1) is 8.68. The fourth-order valence-electron chi connectivity index (χ4n) is 2.39. The number of carboxylic acid groups (broad SMARTS) is 1. The van der Waals surface area contributed by atoms with Crippen molar-refractivity contribution in [1.82, 2.24) is 15.1 Å². The molecule has 0 radical (unpaired) electrons. The number of hydrogen-bond acceptors (Lipinski definition) is 4. The number of amides is 2. The number of ether oxygens (including phenoxy) is 1. The van der Waals surface area contributed by atoms with Gasteiger partial charge in [0.15, 0.2) is 0 Å². The molecular formula is C11H19N3O4. The first-order valence-electron chi connectivity index (χ1n) is 6.24. The Morgan fingerprint density at radius 3 is 3.11 bits per heavy atom. The first kappa shape index (κ1) is 13.1. The fraction of sp³-hybridized carbons (Fsp3) is 0.818. The van der Waals surface area contributed by atoms with Gasteiger partial charge in [-0.3, -0.25) is 0 Å². The molecule has 0 saturated carbocycles. The first-order valence-corrected chi connectivity index (χ1v) is 6.24. The summed E-state index contributed by atoms with van der Waals surface area (Å²) in [5.41, 5.74) is 0. The van der Waals surface area contributed by atoms with E-state index in [0.29, 0.717) is 19.6 Å². The van der Waals surface area contributed by atoms with Gasteiger partial charge in [0.2, 0.25) is 0 Å². The zero-order valence-electron chi connectivity index (χ0n) is 10.3. The van der Waals surface area contributed by atoms with E-state index in [2.05, 4.69) is 5.32 Å². The highest BCUT2D eigenvalue weighted by molar-refractivity contribution is 5.77. The normalized spacial score (nSPS) is 23.3. The monoisotopic (exact) mass is 257 g/mol. The van der Waals surface area contributed by atoms with E-state index in [0.717, 1.165) is 26.2 Å². The van der Waals surface area contributed by atoms with Crippen LogP contribution in [0, 0.1) is 0 Å². The van der Waals surface area contributed by atoms with Gasteiger partial charge in [0.25, 0.3) is 0 Å². The van der Waals surface area contributed by atoms with Gasteiger partial charge in [-0.25, -0.2) is 9.59 Å². The van der Waals surface area contributed by atoms with E-state index in [1.54, 1.807) is 0 Å². The van der Waals surface area contributed by atoms with Gasteiger partial charge in [0.05, 0.1) is 6.04 Å². The molecule has 0 aromatic rings. The zero-order chi connectivity index (χ0) is 13.0. The largest absolute Gasteiger partial charge is 0.480 e. The lowest BCUT2D eigenvalue weighted by atomic mass is 10.2. The molecule has 0 bridgehead atoms. The molecule has 2 rings (SSSR count). The van der Waals surface area contributed by atoms with Crippen molar-refractivity contribution >= 4 is 12.0 Å². The molecular weight excluding hydrogens is 238 g/mol. The third-order valence-electron chi connectivity index (χ3n) is 3.24. The van der Waals surface area contributed by atoms with E-state index in [1.165, 1.54) is 0 Å². The van der Waals surface area contributed by atoms with Crippen LogP contribution in [-0.4, -0.2) is 78.9 Å². The Balaban J connectivity index is 1.67. The third kappa shape index (κ3) is 3.11. The molecule has 0 aromatic carbocycles. The number of fused-ring (bicyclic) bond motifs is 1. The second-order valence-corrected chi connectivity index (χ2v) is 4.58. The number of carbonyl (C=O) groups is 2. The molecule has 102 valence electrons. The smallest absolute Gasteiger partial charge is 0.329 e. The highest BCUT2D eigenvalue weighted by atomic mass is 16.5. The van der Waals surface area contributed by atoms with E-state index in [4.69, 9.17) is 9.84 Å².